The minimum atomic E-state index is -3.56. The Hall–Kier alpha value is -2.16. The number of fused-ring (bicyclic) bond motifs is 2. The van der Waals surface area contributed by atoms with Crippen LogP contribution in [-0.4, -0.2) is 81.5 Å². The maximum absolute atomic E-state index is 12.5. The van der Waals surface area contributed by atoms with Gasteiger partial charge in [0.2, 0.25) is 0 Å². The van der Waals surface area contributed by atoms with Gasteiger partial charge in [-0.05, 0) is 43.6 Å². The van der Waals surface area contributed by atoms with E-state index in [1.165, 1.54) is 15.6 Å². The Morgan fingerprint density at radius 2 is 1.95 bits per heavy atom. The molecule has 13 heteroatoms. The second-order valence-corrected chi connectivity index (χ2v) is 13.2. The molecule has 6 rings (SSSR count). The molecule has 4 heterocycles. The minimum absolute atomic E-state index is 0.0306. The molecule has 0 amide bonds. The van der Waals surface area contributed by atoms with Crippen LogP contribution in [0, 0.1) is 11.8 Å². The molecule has 200 valence electrons. The number of H-pyrrole nitrogens is 1. The molecule has 0 spiro atoms. The van der Waals surface area contributed by atoms with Crippen molar-refractivity contribution < 1.29 is 18.6 Å². The van der Waals surface area contributed by atoms with Crippen LogP contribution in [0.3, 0.4) is 0 Å². The Bertz CT molecular complexity index is 1350. The lowest BCUT2D eigenvalue weighted by molar-refractivity contribution is 0.106. The topological polar surface area (TPSA) is 156 Å². The maximum atomic E-state index is 12.5. The number of aliphatic hydroxyl groups is 2. The lowest BCUT2D eigenvalue weighted by Gasteiger charge is -2.25. The van der Waals surface area contributed by atoms with Crippen molar-refractivity contribution in [3.05, 3.63) is 23.5 Å². The Kier molecular flexibility index (Phi) is 6.92. The van der Waals surface area contributed by atoms with E-state index in [9.17, 15) is 13.5 Å². The van der Waals surface area contributed by atoms with Gasteiger partial charge in [0.25, 0.3) is 10.2 Å². The van der Waals surface area contributed by atoms with Gasteiger partial charge in [-0.1, -0.05) is 24.2 Å². The summed E-state index contributed by atoms with van der Waals surface area (Å²) >= 11 is 1.54. The van der Waals surface area contributed by atoms with E-state index >= 15 is 0 Å². The van der Waals surface area contributed by atoms with Crippen LogP contribution >= 0.6 is 11.3 Å². The molecule has 3 aromatic heterocycles. The molecule has 3 unspecified atom stereocenters. The van der Waals surface area contributed by atoms with Gasteiger partial charge in [-0.2, -0.15) is 17.4 Å². The molecule has 2 aliphatic carbocycles. The van der Waals surface area contributed by atoms with Gasteiger partial charge in [0, 0.05) is 49.4 Å². The average Bonchev–Trinajstić information content (AvgIpc) is 3.66. The zero-order valence-corrected chi connectivity index (χ0v) is 22.1. The van der Waals surface area contributed by atoms with Crippen molar-refractivity contribution in [2.75, 3.05) is 31.6 Å². The molecule has 1 saturated heterocycles. The van der Waals surface area contributed by atoms with Crippen LogP contribution in [0.5, 0.6) is 0 Å². The number of pyridine rings is 1. The van der Waals surface area contributed by atoms with Crippen LogP contribution in [-0.2, 0) is 10.2 Å². The third-order valence-corrected chi connectivity index (χ3v) is 10.7. The summed E-state index contributed by atoms with van der Waals surface area (Å²) in [6.45, 7) is 0.805. The summed E-state index contributed by atoms with van der Waals surface area (Å²) in [5, 5.41) is 34.9. The molecular formula is C24H33N7O4S2. The molecule has 0 radical (unpaired) electrons. The van der Waals surface area contributed by atoms with Crippen LogP contribution in [0.15, 0.2) is 18.5 Å². The van der Waals surface area contributed by atoms with E-state index in [-0.39, 0.29) is 43.1 Å². The second kappa shape index (κ2) is 10.2. The number of nitrogens with one attached hydrogen (secondary N) is 3. The quantitative estimate of drug-likeness (QED) is 0.287. The highest BCUT2D eigenvalue weighted by molar-refractivity contribution is 7.87. The SMILES string of the molecule is O=S(=O)(NCCO)N1C[C@H]2CC(Nc3c(-c4nnc(C5CCCCC5O)s4)cnc4[nH]ccc34)C[C@H]2C1. The monoisotopic (exact) mass is 547 g/mol. The van der Waals surface area contributed by atoms with E-state index in [1.807, 2.05) is 18.5 Å². The molecule has 1 aliphatic heterocycles. The van der Waals surface area contributed by atoms with Crippen LogP contribution in [0.2, 0.25) is 0 Å². The van der Waals surface area contributed by atoms with Crippen molar-refractivity contribution >= 4 is 38.3 Å². The first-order chi connectivity index (χ1) is 17.9. The predicted octanol–water partition coefficient (Wildman–Crippen LogP) is 2.05. The van der Waals surface area contributed by atoms with Crippen molar-refractivity contribution in [3.8, 4) is 10.6 Å². The Labute approximate surface area is 219 Å². The van der Waals surface area contributed by atoms with Gasteiger partial charge < -0.3 is 20.5 Å². The fraction of sp³-hybridized carbons (Fsp3) is 0.625. The molecule has 5 N–H and O–H groups in total. The van der Waals surface area contributed by atoms with Gasteiger partial charge in [0.15, 0.2) is 5.01 Å². The predicted molar refractivity (Wildman–Crippen MR) is 141 cm³/mol. The van der Waals surface area contributed by atoms with Crippen LogP contribution in [0.1, 0.15) is 49.5 Å². The summed E-state index contributed by atoms with van der Waals surface area (Å²) in [6.07, 6.45) is 8.99. The van der Waals surface area contributed by atoms with Gasteiger partial charge in [-0.3, -0.25) is 0 Å². The number of rotatable bonds is 8. The standard InChI is InChI=1S/C24H33N7O4S2/c32-8-7-27-37(34,35)31-12-14-9-16(10-15(14)13-31)28-21-18-5-6-25-22(18)26-11-19(21)24-30-29-23(36-24)17-3-1-2-4-20(17)33/h5-6,11,14-17,20,27,32-33H,1-4,7-10,12-13H2,(H2,25,26,28)/t14-,15+,16?,17?,20?. The van der Waals surface area contributed by atoms with Crippen molar-refractivity contribution in [3.63, 3.8) is 0 Å². The number of anilines is 1. The smallest absolute Gasteiger partial charge is 0.279 e. The number of aromatic amines is 1. The van der Waals surface area contributed by atoms with E-state index in [0.717, 1.165) is 70.8 Å². The molecule has 3 fully saturated rings. The number of aliphatic hydroxyl groups excluding tert-OH is 2. The molecule has 0 aromatic carbocycles. The molecule has 3 aromatic rings. The Morgan fingerprint density at radius 1 is 1.16 bits per heavy atom. The highest BCUT2D eigenvalue weighted by Crippen LogP contribution is 2.43. The van der Waals surface area contributed by atoms with E-state index in [0.29, 0.717) is 13.1 Å². The summed E-state index contributed by atoms with van der Waals surface area (Å²) in [6, 6.07) is 2.22. The molecular weight excluding hydrogens is 514 g/mol. The van der Waals surface area contributed by atoms with Crippen LogP contribution in [0.4, 0.5) is 5.69 Å². The lowest BCUT2D eigenvalue weighted by atomic mass is 9.87. The summed E-state index contributed by atoms with van der Waals surface area (Å²) < 4.78 is 29.0. The second-order valence-electron chi connectivity index (χ2n) is 10.5. The number of aromatic nitrogens is 4. The largest absolute Gasteiger partial charge is 0.395 e. The summed E-state index contributed by atoms with van der Waals surface area (Å²) in [5.74, 6) is 0.618. The fourth-order valence-electron chi connectivity index (χ4n) is 6.26. The third-order valence-electron chi connectivity index (χ3n) is 8.11. The lowest BCUT2D eigenvalue weighted by Crippen LogP contribution is -2.41. The average molecular weight is 548 g/mol. The maximum Gasteiger partial charge on any atom is 0.279 e. The van der Waals surface area contributed by atoms with Crippen LogP contribution < -0.4 is 10.0 Å². The minimum Gasteiger partial charge on any atom is -0.395 e. The Balaban J connectivity index is 1.21. The van der Waals surface area contributed by atoms with Gasteiger partial charge in [-0.25, -0.2) is 4.98 Å². The molecule has 11 nitrogen and oxygen atoms in total. The van der Waals surface area contributed by atoms with Crippen molar-refractivity contribution in [2.24, 2.45) is 11.8 Å². The van der Waals surface area contributed by atoms with Crippen molar-refractivity contribution in [1.29, 1.82) is 0 Å². The Morgan fingerprint density at radius 3 is 2.70 bits per heavy atom. The molecule has 3 aliphatic rings. The van der Waals surface area contributed by atoms with Gasteiger partial charge in [0.05, 0.1) is 24.0 Å². The molecule has 5 atom stereocenters. The highest BCUT2D eigenvalue weighted by Gasteiger charge is 2.44. The zero-order valence-electron chi connectivity index (χ0n) is 20.5. The van der Waals surface area contributed by atoms with E-state index in [1.54, 1.807) is 0 Å². The summed E-state index contributed by atoms with van der Waals surface area (Å²) in [5.41, 5.74) is 2.66. The van der Waals surface area contributed by atoms with Gasteiger partial charge >= 0.3 is 0 Å². The van der Waals surface area contributed by atoms with Crippen molar-refractivity contribution in [1.82, 2.24) is 29.2 Å². The fourth-order valence-corrected chi connectivity index (χ4v) is 8.62. The first kappa shape index (κ1) is 25.1. The highest BCUT2D eigenvalue weighted by atomic mass is 32.2. The van der Waals surface area contributed by atoms with Crippen molar-refractivity contribution in [2.45, 2.75) is 56.6 Å². The number of hydrogen-bond donors (Lipinski definition) is 5. The summed E-state index contributed by atoms with van der Waals surface area (Å²) in [4.78, 5) is 7.79. The normalized spacial score (nSPS) is 28.6. The molecule has 0 bridgehead atoms. The molecule has 37 heavy (non-hydrogen) atoms. The number of hydrogen-bond acceptors (Lipinski definition) is 9. The third kappa shape index (κ3) is 4.88. The number of nitrogens with zero attached hydrogens (tertiary/aromatic N) is 4. The summed E-state index contributed by atoms with van der Waals surface area (Å²) in [7, 11) is -3.56. The van der Waals surface area contributed by atoms with Gasteiger partial charge in [0.1, 0.15) is 10.7 Å². The first-order valence-corrected chi connectivity index (χ1v) is 15.3. The first-order valence-electron chi connectivity index (χ1n) is 13.0. The molecule has 2 saturated carbocycles. The van der Waals surface area contributed by atoms with Gasteiger partial charge in [-0.15, -0.1) is 10.2 Å². The van der Waals surface area contributed by atoms with Crippen LogP contribution in [0.25, 0.3) is 21.6 Å². The van der Waals surface area contributed by atoms with E-state index in [2.05, 4.69) is 30.2 Å². The zero-order chi connectivity index (χ0) is 25.6. The van der Waals surface area contributed by atoms with E-state index in [4.69, 9.17) is 5.11 Å². The van der Waals surface area contributed by atoms with E-state index < -0.39 is 10.2 Å².